The molecule has 2 N–H and O–H groups in total. The highest BCUT2D eigenvalue weighted by Crippen LogP contribution is 2.37. The van der Waals surface area contributed by atoms with Gasteiger partial charge in [0.15, 0.2) is 0 Å². The number of phenols is 1. The first kappa shape index (κ1) is 17.5. The van der Waals surface area contributed by atoms with Crippen LogP contribution in [0.25, 0.3) is 0 Å². The maximum Gasteiger partial charge on any atom is 0.223 e. The first-order chi connectivity index (χ1) is 12.1. The third kappa shape index (κ3) is 3.85. The predicted octanol–water partition coefficient (Wildman–Crippen LogP) is 2.96. The van der Waals surface area contributed by atoms with Crippen LogP contribution in [0.3, 0.4) is 0 Å². The number of hydrogen-bond acceptors (Lipinski definition) is 3. The molecule has 3 rings (SSSR count). The number of amides is 1. The van der Waals surface area contributed by atoms with Gasteiger partial charge in [-0.15, -0.1) is 0 Å². The standard InChI is InChI=1S/C21H26N2O2/c1-15-8-9-18(21(25)16(15)2)19(17-6-4-3-5-7-17)14-20(24)23-12-10-22-11-13-23/h3-9,19,22,25H,10-14H2,1-2H3/t19-/m1/s1. The highest BCUT2D eigenvalue weighted by molar-refractivity contribution is 5.78. The molecular formula is C21H26N2O2. The molecule has 0 radical (unpaired) electrons. The second-order valence-corrected chi connectivity index (χ2v) is 6.74. The molecule has 0 aromatic heterocycles. The lowest BCUT2D eigenvalue weighted by Crippen LogP contribution is -2.46. The van der Waals surface area contributed by atoms with Gasteiger partial charge in [0.05, 0.1) is 0 Å². The molecule has 0 saturated carbocycles. The Labute approximate surface area is 149 Å². The number of phenolic OH excluding ortho intramolecular Hbond substituents is 1. The van der Waals surface area contributed by atoms with E-state index in [-0.39, 0.29) is 11.8 Å². The number of piperazine rings is 1. The zero-order chi connectivity index (χ0) is 17.8. The van der Waals surface area contributed by atoms with Crippen molar-refractivity contribution in [2.45, 2.75) is 26.2 Å². The van der Waals surface area contributed by atoms with E-state index in [1.165, 1.54) is 0 Å². The summed E-state index contributed by atoms with van der Waals surface area (Å²) in [6.45, 7) is 7.10. The van der Waals surface area contributed by atoms with Crippen LogP contribution in [-0.4, -0.2) is 42.1 Å². The van der Waals surface area contributed by atoms with E-state index in [9.17, 15) is 9.90 Å². The zero-order valence-corrected chi connectivity index (χ0v) is 15.0. The second-order valence-electron chi connectivity index (χ2n) is 6.74. The number of aromatic hydroxyl groups is 1. The molecule has 25 heavy (non-hydrogen) atoms. The fraction of sp³-hybridized carbons (Fsp3) is 0.381. The van der Waals surface area contributed by atoms with E-state index in [0.29, 0.717) is 12.2 Å². The lowest BCUT2D eigenvalue weighted by atomic mass is 9.85. The smallest absolute Gasteiger partial charge is 0.223 e. The molecule has 2 aromatic rings. The average molecular weight is 338 g/mol. The van der Waals surface area contributed by atoms with E-state index in [2.05, 4.69) is 5.32 Å². The lowest BCUT2D eigenvalue weighted by molar-refractivity contribution is -0.132. The molecule has 4 heteroatoms. The normalized spacial score (nSPS) is 15.8. The van der Waals surface area contributed by atoms with Gasteiger partial charge in [-0.3, -0.25) is 4.79 Å². The minimum atomic E-state index is -0.136. The van der Waals surface area contributed by atoms with Crippen LogP contribution in [0.1, 0.15) is 34.6 Å². The molecule has 0 unspecified atom stereocenters. The minimum Gasteiger partial charge on any atom is -0.507 e. The summed E-state index contributed by atoms with van der Waals surface area (Å²) in [5.74, 6) is 0.317. The van der Waals surface area contributed by atoms with Crippen LogP contribution in [0.2, 0.25) is 0 Å². The number of rotatable bonds is 4. The summed E-state index contributed by atoms with van der Waals surface area (Å²) in [6.07, 6.45) is 0.375. The Hall–Kier alpha value is -2.33. The number of aryl methyl sites for hydroxylation is 1. The van der Waals surface area contributed by atoms with Gasteiger partial charge in [0.1, 0.15) is 5.75 Å². The molecule has 0 spiro atoms. The van der Waals surface area contributed by atoms with Gasteiger partial charge >= 0.3 is 0 Å². The van der Waals surface area contributed by atoms with Crippen molar-refractivity contribution in [2.75, 3.05) is 26.2 Å². The van der Waals surface area contributed by atoms with Crippen LogP contribution in [0, 0.1) is 13.8 Å². The molecule has 0 aliphatic carbocycles. The first-order valence-corrected chi connectivity index (χ1v) is 8.90. The van der Waals surface area contributed by atoms with Gasteiger partial charge in [-0.05, 0) is 30.5 Å². The summed E-state index contributed by atoms with van der Waals surface area (Å²) in [4.78, 5) is 14.8. The number of nitrogens with zero attached hydrogens (tertiary/aromatic N) is 1. The Morgan fingerprint density at radius 3 is 2.48 bits per heavy atom. The molecule has 1 fully saturated rings. The zero-order valence-electron chi connectivity index (χ0n) is 15.0. The van der Waals surface area contributed by atoms with Crippen molar-refractivity contribution < 1.29 is 9.90 Å². The molecule has 1 heterocycles. The molecule has 0 bridgehead atoms. The summed E-state index contributed by atoms with van der Waals surface area (Å²) in [7, 11) is 0. The van der Waals surface area contributed by atoms with Gasteiger partial charge in [-0.2, -0.15) is 0 Å². The van der Waals surface area contributed by atoms with E-state index in [4.69, 9.17) is 0 Å². The SMILES string of the molecule is Cc1ccc([C@H](CC(=O)N2CCNCC2)c2ccccc2)c(O)c1C. The highest BCUT2D eigenvalue weighted by atomic mass is 16.3. The van der Waals surface area contributed by atoms with Crippen molar-refractivity contribution in [2.24, 2.45) is 0 Å². The Balaban J connectivity index is 1.93. The van der Waals surface area contributed by atoms with Gasteiger partial charge < -0.3 is 15.3 Å². The number of nitrogens with one attached hydrogen (secondary N) is 1. The number of benzene rings is 2. The van der Waals surface area contributed by atoms with Gasteiger partial charge in [0.2, 0.25) is 5.91 Å². The van der Waals surface area contributed by atoms with E-state index in [1.54, 1.807) is 0 Å². The van der Waals surface area contributed by atoms with Crippen LogP contribution < -0.4 is 5.32 Å². The van der Waals surface area contributed by atoms with E-state index in [0.717, 1.165) is 48.4 Å². The maximum atomic E-state index is 12.8. The number of hydrogen-bond donors (Lipinski definition) is 2. The van der Waals surface area contributed by atoms with Crippen LogP contribution in [0.15, 0.2) is 42.5 Å². The summed E-state index contributed by atoms with van der Waals surface area (Å²) < 4.78 is 0. The van der Waals surface area contributed by atoms with Gasteiger partial charge in [0, 0.05) is 44.1 Å². The quantitative estimate of drug-likeness (QED) is 0.901. The molecule has 1 aliphatic rings. The Morgan fingerprint density at radius 2 is 1.80 bits per heavy atom. The van der Waals surface area contributed by atoms with Crippen molar-refractivity contribution >= 4 is 5.91 Å². The molecule has 2 aromatic carbocycles. The van der Waals surface area contributed by atoms with Gasteiger partial charge in [-0.25, -0.2) is 0 Å². The van der Waals surface area contributed by atoms with Crippen molar-refractivity contribution in [3.8, 4) is 5.75 Å². The molecule has 1 amide bonds. The van der Waals surface area contributed by atoms with E-state index < -0.39 is 0 Å². The molecule has 132 valence electrons. The monoisotopic (exact) mass is 338 g/mol. The van der Waals surface area contributed by atoms with Crippen molar-refractivity contribution in [3.05, 3.63) is 64.7 Å². The second kappa shape index (κ2) is 7.70. The van der Waals surface area contributed by atoms with Crippen LogP contribution >= 0.6 is 0 Å². The number of carbonyl (C=O) groups is 1. The molecule has 1 saturated heterocycles. The minimum absolute atomic E-state index is 0.136. The summed E-state index contributed by atoms with van der Waals surface area (Å²) in [5.41, 5.74) is 3.83. The van der Waals surface area contributed by atoms with Gasteiger partial charge in [0.25, 0.3) is 0 Å². The average Bonchev–Trinajstić information content (AvgIpc) is 2.66. The molecule has 1 atom stereocenters. The van der Waals surface area contributed by atoms with Crippen molar-refractivity contribution in [1.82, 2.24) is 10.2 Å². The largest absolute Gasteiger partial charge is 0.507 e. The lowest BCUT2D eigenvalue weighted by Gasteiger charge is -2.29. The first-order valence-electron chi connectivity index (χ1n) is 8.90. The Bertz CT molecular complexity index is 737. The van der Waals surface area contributed by atoms with E-state index in [1.807, 2.05) is 61.2 Å². The fourth-order valence-electron chi connectivity index (χ4n) is 3.41. The van der Waals surface area contributed by atoms with Crippen LogP contribution in [-0.2, 0) is 4.79 Å². The molecular weight excluding hydrogens is 312 g/mol. The molecule has 4 nitrogen and oxygen atoms in total. The van der Waals surface area contributed by atoms with Crippen LogP contribution in [0.4, 0.5) is 0 Å². The Morgan fingerprint density at radius 1 is 1.12 bits per heavy atom. The fourth-order valence-corrected chi connectivity index (χ4v) is 3.41. The third-order valence-electron chi connectivity index (χ3n) is 5.16. The third-order valence-corrected chi connectivity index (χ3v) is 5.16. The predicted molar refractivity (Wildman–Crippen MR) is 99.9 cm³/mol. The Kier molecular flexibility index (Phi) is 5.39. The van der Waals surface area contributed by atoms with Crippen molar-refractivity contribution in [1.29, 1.82) is 0 Å². The maximum absolute atomic E-state index is 12.8. The van der Waals surface area contributed by atoms with Crippen molar-refractivity contribution in [3.63, 3.8) is 0 Å². The summed E-state index contributed by atoms with van der Waals surface area (Å²) >= 11 is 0. The van der Waals surface area contributed by atoms with Gasteiger partial charge in [-0.1, -0.05) is 42.5 Å². The molecule has 1 aliphatic heterocycles. The highest BCUT2D eigenvalue weighted by Gasteiger charge is 2.25. The summed E-state index contributed by atoms with van der Waals surface area (Å²) in [5, 5.41) is 14.0. The number of carbonyl (C=O) groups excluding carboxylic acids is 1. The topological polar surface area (TPSA) is 52.6 Å². The van der Waals surface area contributed by atoms with Crippen LogP contribution in [0.5, 0.6) is 5.75 Å². The van der Waals surface area contributed by atoms with E-state index >= 15 is 0 Å². The summed E-state index contributed by atoms with van der Waals surface area (Å²) in [6, 6.07) is 14.0.